The van der Waals surface area contributed by atoms with Gasteiger partial charge in [-0.3, -0.25) is 9.59 Å². The first kappa shape index (κ1) is 21.1. The molecule has 1 aliphatic carbocycles. The number of amides is 2. The Kier molecular flexibility index (Phi) is 6.35. The number of hydrogen-bond acceptors (Lipinski definition) is 4. The van der Waals surface area contributed by atoms with Gasteiger partial charge < -0.3 is 15.0 Å². The van der Waals surface area contributed by atoms with Crippen LogP contribution in [0, 0.1) is 0 Å². The second-order valence-corrected chi connectivity index (χ2v) is 8.30. The van der Waals surface area contributed by atoms with E-state index < -0.39 is 5.97 Å². The summed E-state index contributed by atoms with van der Waals surface area (Å²) >= 11 is 0. The van der Waals surface area contributed by atoms with Gasteiger partial charge in [0, 0.05) is 18.7 Å². The maximum atomic E-state index is 12.4. The highest BCUT2D eigenvalue weighted by atomic mass is 16.5. The molecule has 1 fully saturated rings. The SMILES string of the molecule is CC(NC(=O)COC(=O)c1cccc(N2CCCC2=O)c1)c1ccc2c(c1)CCCC2. The van der Waals surface area contributed by atoms with Crippen LogP contribution < -0.4 is 10.2 Å². The van der Waals surface area contributed by atoms with Crippen LogP contribution in [0.25, 0.3) is 0 Å². The van der Waals surface area contributed by atoms with Crippen LogP contribution in [-0.4, -0.2) is 30.9 Å². The number of rotatable bonds is 6. The average Bonchev–Trinajstić information content (AvgIpc) is 3.23. The van der Waals surface area contributed by atoms with E-state index in [2.05, 4.69) is 23.5 Å². The Morgan fingerprint density at radius 2 is 1.84 bits per heavy atom. The Morgan fingerprint density at radius 3 is 2.61 bits per heavy atom. The predicted octanol–water partition coefficient (Wildman–Crippen LogP) is 3.73. The summed E-state index contributed by atoms with van der Waals surface area (Å²) in [6, 6.07) is 13.0. The van der Waals surface area contributed by atoms with E-state index in [1.54, 1.807) is 29.2 Å². The fraction of sp³-hybridized carbons (Fsp3) is 0.400. The lowest BCUT2D eigenvalue weighted by Gasteiger charge is -2.20. The molecule has 1 atom stereocenters. The summed E-state index contributed by atoms with van der Waals surface area (Å²) in [5, 5.41) is 2.90. The average molecular weight is 421 g/mol. The second-order valence-electron chi connectivity index (χ2n) is 8.30. The van der Waals surface area contributed by atoms with Crippen molar-refractivity contribution in [3.05, 3.63) is 64.7 Å². The van der Waals surface area contributed by atoms with Crippen LogP contribution in [0.3, 0.4) is 0 Å². The van der Waals surface area contributed by atoms with E-state index in [1.807, 2.05) is 6.92 Å². The molecule has 0 bridgehead atoms. The first-order valence-electron chi connectivity index (χ1n) is 11.0. The molecule has 1 heterocycles. The number of nitrogens with one attached hydrogen (secondary N) is 1. The molecule has 0 radical (unpaired) electrons. The van der Waals surface area contributed by atoms with Gasteiger partial charge in [-0.2, -0.15) is 0 Å². The van der Waals surface area contributed by atoms with Crippen molar-refractivity contribution in [1.82, 2.24) is 5.32 Å². The quantitative estimate of drug-likeness (QED) is 0.723. The van der Waals surface area contributed by atoms with Crippen molar-refractivity contribution >= 4 is 23.5 Å². The maximum Gasteiger partial charge on any atom is 0.338 e. The lowest BCUT2D eigenvalue weighted by molar-refractivity contribution is -0.124. The number of benzene rings is 2. The molecule has 6 nitrogen and oxygen atoms in total. The second kappa shape index (κ2) is 9.33. The van der Waals surface area contributed by atoms with E-state index in [0.717, 1.165) is 24.8 Å². The Labute approximate surface area is 182 Å². The smallest absolute Gasteiger partial charge is 0.338 e. The van der Waals surface area contributed by atoms with Crippen molar-refractivity contribution in [3.8, 4) is 0 Å². The third-order valence-electron chi connectivity index (χ3n) is 6.05. The van der Waals surface area contributed by atoms with Crippen LogP contribution in [0.1, 0.15) is 65.7 Å². The van der Waals surface area contributed by atoms with Crippen molar-refractivity contribution in [1.29, 1.82) is 0 Å². The van der Waals surface area contributed by atoms with Crippen LogP contribution in [0.4, 0.5) is 5.69 Å². The molecule has 4 rings (SSSR count). The first-order chi connectivity index (χ1) is 15.0. The Morgan fingerprint density at radius 1 is 1.03 bits per heavy atom. The topological polar surface area (TPSA) is 75.7 Å². The van der Waals surface area contributed by atoms with Gasteiger partial charge in [0.15, 0.2) is 6.61 Å². The molecule has 1 saturated heterocycles. The molecule has 2 aromatic carbocycles. The minimum atomic E-state index is -0.579. The molecule has 1 N–H and O–H groups in total. The van der Waals surface area contributed by atoms with Gasteiger partial charge in [0.05, 0.1) is 11.6 Å². The number of nitrogens with zero attached hydrogens (tertiary/aromatic N) is 1. The zero-order valence-electron chi connectivity index (χ0n) is 17.9. The summed E-state index contributed by atoms with van der Waals surface area (Å²) in [5.41, 5.74) is 4.84. The molecular formula is C25H28N2O4. The van der Waals surface area contributed by atoms with Crippen molar-refractivity contribution in [2.45, 2.75) is 51.5 Å². The van der Waals surface area contributed by atoms with E-state index in [4.69, 9.17) is 4.74 Å². The number of hydrogen-bond donors (Lipinski definition) is 1. The first-order valence-corrected chi connectivity index (χ1v) is 11.0. The van der Waals surface area contributed by atoms with Crippen LogP contribution in [0.15, 0.2) is 42.5 Å². The molecule has 2 aromatic rings. The molecule has 6 heteroatoms. The van der Waals surface area contributed by atoms with Gasteiger partial charge in [-0.25, -0.2) is 4.79 Å². The maximum absolute atomic E-state index is 12.4. The van der Waals surface area contributed by atoms with Crippen molar-refractivity contribution in [2.75, 3.05) is 18.1 Å². The minimum absolute atomic E-state index is 0.0565. The lowest BCUT2D eigenvalue weighted by Crippen LogP contribution is -2.31. The number of ether oxygens (including phenoxy) is 1. The highest BCUT2D eigenvalue weighted by molar-refractivity contribution is 5.97. The minimum Gasteiger partial charge on any atom is -0.452 e. The number of anilines is 1. The molecule has 31 heavy (non-hydrogen) atoms. The van der Waals surface area contributed by atoms with Gasteiger partial charge in [0.25, 0.3) is 5.91 Å². The summed E-state index contributed by atoms with van der Waals surface area (Å²) < 4.78 is 5.21. The molecule has 1 aliphatic heterocycles. The lowest BCUT2D eigenvalue weighted by atomic mass is 9.89. The fourth-order valence-electron chi connectivity index (χ4n) is 4.33. The molecular weight excluding hydrogens is 392 g/mol. The Hall–Kier alpha value is -3.15. The molecule has 0 saturated carbocycles. The zero-order valence-corrected chi connectivity index (χ0v) is 17.9. The Balaban J connectivity index is 1.31. The van der Waals surface area contributed by atoms with E-state index in [-0.39, 0.29) is 24.5 Å². The number of carbonyl (C=O) groups excluding carboxylic acids is 3. The molecule has 162 valence electrons. The van der Waals surface area contributed by atoms with Crippen LogP contribution in [0.5, 0.6) is 0 Å². The van der Waals surface area contributed by atoms with Gasteiger partial charge in [0.1, 0.15) is 0 Å². The van der Waals surface area contributed by atoms with Gasteiger partial charge in [-0.1, -0.05) is 24.3 Å². The fourth-order valence-corrected chi connectivity index (χ4v) is 4.33. The standard InChI is InChI=1S/C25H28N2O4/c1-17(19-12-11-18-6-2-3-7-20(18)14-19)26-23(28)16-31-25(30)21-8-4-9-22(15-21)27-13-5-10-24(27)29/h4,8-9,11-12,14-15,17H,2-3,5-7,10,13,16H2,1H3,(H,26,28). The number of aryl methyl sites for hydroxylation is 2. The van der Waals surface area contributed by atoms with E-state index in [1.165, 1.54) is 24.0 Å². The van der Waals surface area contributed by atoms with Crippen molar-refractivity contribution < 1.29 is 19.1 Å². The number of fused-ring (bicyclic) bond motifs is 1. The van der Waals surface area contributed by atoms with Gasteiger partial charge >= 0.3 is 5.97 Å². The van der Waals surface area contributed by atoms with Crippen LogP contribution >= 0.6 is 0 Å². The predicted molar refractivity (Wildman–Crippen MR) is 118 cm³/mol. The summed E-state index contributed by atoms with van der Waals surface area (Å²) in [5.74, 6) is -0.865. The summed E-state index contributed by atoms with van der Waals surface area (Å²) in [6.07, 6.45) is 6.00. The molecule has 0 aromatic heterocycles. The third-order valence-corrected chi connectivity index (χ3v) is 6.05. The number of carbonyl (C=O) groups is 3. The van der Waals surface area contributed by atoms with Gasteiger partial charge in [-0.05, 0) is 73.9 Å². The van der Waals surface area contributed by atoms with Crippen LogP contribution in [0.2, 0.25) is 0 Å². The molecule has 2 amide bonds. The largest absolute Gasteiger partial charge is 0.452 e. The summed E-state index contributed by atoms with van der Waals surface area (Å²) in [7, 11) is 0. The number of esters is 1. The van der Waals surface area contributed by atoms with E-state index in [0.29, 0.717) is 24.2 Å². The Bertz CT molecular complexity index is 1000. The molecule has 0 spiro atoms. The van der Waals surface area contributed by atoms with Crippen LogP contribution in [-0.2, 0) is 27.2 Å². The normalized spacial score (nSPS) is 16.5. The van der Waals surface area contributed by atoms with E-state index >= 15 is 0 Å². The highest BCUT2D eigenvalue weighted by Gasteiger charge is 2.23. The third kappa shape index (κ3) is 4.95. The van der Waals surface area contributed by atoms with Crippen molar-refractivity contribution in [2.24, 2.45) is 0 Å². The zero-order chi connectivity index (χ0) is 21.8. The highest BCUT2D eigenvalue weighted by Crippen LogP contribution is 2.25. The summed E-state index contributed by atoms with van der Waals surface area (Å²) in [6.45, 7) is 2.24. The van der Waals surface area contributed by atoms with Crippen molar-refractivity contribution in [3.63, 3.8) is 0 Å². The molecule has 2 aliphatic rings. The van der Waals surface area contributed by atoms with Gasteiger partial charge in [-0.15, -0.1) is 0 Å². The summed E-state index contributed by atoms with van der Waals surface area (Å²) in [4.78, 5) is 38.3. The van der Waals surface area contributed by atoms with Gasteiger partial charge in [0.2, 0.25) is 5.91 Å². The van der Waals surface area contributed by atoms with E-state index in [9.17, 15) is 14.4 Å². The monoisotopic (exact) mass is 420 g/mol. The molecule has 1 unspecified atom stereocenters.